The van der Waals surface area contributed by atoms with Crippen LogP contribution in [0.3, 0.4) is 0 Å². The number of hydrogen-bond donors (Lipinski definition) is 0. The molecular weight excluding hydrogens is 352 g/mol. The van der Waals surface area contributed by atoms with Crippen molar-refractivity contribution in [1.82, 2.24) is 9.80 Å². The molecule has 0 saturated carbocycles. The third-order valence-corrected chi connectivity index (χ3v) is 5.06. The van der Waals surface area contributed by atoms with E-state index in [-0.39, 0.29) is 17.3 Å². The fraction of sp³-hybridized carbons (Fsp3) is 0.579. The maximum absolute atomic E-state index is 12.7. The summed E-state index contributed by atoms with van der Waals surface area (Å²) in [6.45, 7) is 9.53. The van der Waals surface area contributed by atoms with Gasteiger partial charge < -0.3 is 19.3 Å². The van der Waals surface area contributed by atoms with Crippen molar-refractivity contribution in [2.45, 2.75) is 43.4 Å². The average Bonchev–Trinajstić information content (AvgIpc) is 2.60. The van der Waals surface area contributed by atoms with Gasteiger partial charge in [-0.15, -0.1) is 11.8 Å². The molecule has 0 radical (unpaired) electrons. The summed E-state index contributed by atoms with van der Waals surface area (Å²) in [6.07, 6.45) is -0.315. The van der Waals surface area contributed by atoms with Crippen molar-refractivity contribution in [3.05, 3.63) is 24.3 Å². The van der Waals surface area contributed by atoms with E-state index in [1.807, 2.05) is 56.9 Å². The highest BCUT2D eigenvalue weighted by Crippen LogP contribution is 2.26. The van der Waals surface area contributed by atoms with E-state index in [4.69, 9.17) is 9.47 Å². The highest BCUT2D eigenvalue weighted by molar-refractivity contribution is 8.00. The largest absolute Gasteiger partial charge is 0.497 e. The van der Waals surface area contributed by atoms with Gasteiger partial charge >= 0.3 is 6.09 Å². The van der Waals surface area contributed by atoms with Gasteiger partial charge in [0.1, 0.15) is 11.4 Å². The minimum atomic E-state index is -0.506. The predicted molar refractivity (Wildman–Crippen MR) is 103 cm³/mol. The number of benzene rings is 1. The van der Waals surface area contributed by atoms with Gasteiger partial charge in [0, 0.05) is 31.1 Å². The molecule has 1 atom stereocenters. The fourth-order valence-corrected chi connectivity index (χ4v) is 3.55. The maximum atomic E-state index is 12.7. The Hall–Kier alpha value is -1.89. The molecule has 1 aliphatic heterocycles. The number of nitrogens with zero attached hydrogens (tertiary/aromatic N) is 2. The molecule has 1 aromatic rings. The summed E-state index contributed by atoms with van der Waals surface area (Å²) in [5, 5.41) is -0.184. The number of thioether (sulfide) groups is 1. The number of ether oxygens (including phenoxy) is 2. The highest BCUT2D eigenvalue weighted by atomic mass is 32.2. The molecule has 1 heterocycles. The standard InChI is InChI=1S/C19H28N2O4S/c1-14(26-16-8-6-15(24-5)7-9-16)17(22)20-10-12-21(13-11-20)18(23)25-19(2,3)4/h6-9,14H,10-13H2,1-5H3. The summed E-state index contributed by atoms with van der Waals surface area (Å²) in [6, 6.07) is 7.68. The topological polar surface area (TPSA) is 59.1 Å². The molecule has 1 fully saturated rings. The van der Waals surface area contributed by atoms with Crippen molar-refractivity contribution in [1.29, 1.82) is 0 Å². The molecule has 1 aliphatic rings. The van der Waals surface area contributed by atoms with Gasteiger partial charge in [-0.05, 0) is 52.0 Å². The fourth-order valence-electron chi connectivity index (χ4n) is 2.60. The van der Waals surface area contributed by atoms with Crippen molar-refractivity contribution in [2.24, 2.45) is 0 Å². The van der Waals surface area contributed by atoms with Crippen LogP contribution >= 0.6 is 11.8 Å². The lowest BCUT2D eigenvalue weighted by molar-refractivity contribution is -0.132. The second-order valence-electron chi connectivity index (χ2n) is 7.23. The zero-order valence-electron chi connectivity index (χ0n) is 16.2. The number of rotatable bonds is 4. The van der Waals surface area contributed by atoms with Crippen molar-refractivity contribution in [3.8, 4) is 5.75 Å². The van der Waals surface area contributed by atoms with Gasteiger partial charge in [0.15, 0.2) is 0 Å². The van der Waals surface area contributed by atoms with Gasteiger partial charge in [-0.25, -0.2) is 4.79 Å². The molecule has 1 saturated heterocycles. The van der Waals surface area contributed by atoms with E-state index >= 15 is 0 Å². The summed E-state index contributed by atoms with van der Waals surface area (Å²) in [5.74, 6) is 0.890. The summed E-state index contributed by atoms with van der Waals surface area (Å²) in [4.78, 5) is 29.3. The number of hydrogen-bond acceptors (Lipinski definition) is 5. The molecule has 7 heteroatoms. The predicted octanol–water partition coefficient (Wildman–Crippen LogP) is 3.26. The quantitative estimate of drug-likeness (QED) is 0.751. The number of methoxy groups -OCH3 is 1. The Bertz CT molecular complexity index is 619. The van der Waals surface area contributed by atoms with Crippen LogP contribution in [0.2, 0.25) is 0 Å². The SMILES string of the molecule is COc1ccc(SC(C)C(=O)N2CCN(C(=O)OC(C)(C)C)CC2)cc1. The second kappa shape index (κ2) is 8.66. The van der Waals surface area contributed by atoms with Crippen LogP contribution in [0.4, 0.5) is 4.79 Å². The van der Waals surface area contributed by atoms with Crippen LogP contribution in [-0.4, -0.2) is 65.9 Å². The van der Waals surface area contributed by atoms with E-state index in [1.165, 1.54) is 11.8 Å². The first-order valence-electron chi connectivity index (χ1n) is 8.77. The van der Waals surface area contributed by atoms with Gasteiger partial charge in [-0.3, -0.25) is 4.79 Å². The van der Waals surface area contributed by atoms with Gasteiger partial charge in [0.05, 0.1) is 12.4 Å². The first kappa shape index (κ1) is 20.4. The minimum Gasteiger partial charge on any atom is -0.497 e. The van der Waals surface area contributed by atoms with Gasteiger partial charge in [0.2, 0.25) is 5.91 Å². The molecule has 0 N–H and O–H groups in total. The van der Waals surface area contributed by atoms with Crippen LogP contribution in [0, 0.1) is 0 Å². The Morgan fingerprint density at radius 1 is 1.04 bits per heavy atom. The first-order valence-corrected chi connectivity index (χ1v) is 9.65. The Balaban J connectivity index is 1.84. The van der Waals surface area contributed by atoms with Gasteiger partial charge in [0.25, 0.3) is 0 Å². The van der Waals surface area contributed by atoms with E-state index in [1.54, 1.807) is 12.0 Å². The van der Waals surface area contributed by atoms with E-state index in [0.717, 1.165) is 10.6 Å². The van der Waals surface area contributed by atoms with Crippen LogP contribution in [0.5, 0.6) is 5.75 Å². The smallest absolute Gasteiger partial charge is 0.410 e. The summed E-state index contributed by atoms with van der Waals surface area (Å²) in [5.41, 5.74) is -0.506. The molecule has 144 valence electrons. The van der Waals surface area contributed by atoms with Crippen molar-refractivity contribution < 1.29 is 19.1 Å². The van der Waals surface area contributed by atoms with E-state index in [2.05, 4.69) is 0 Å². The third-order valence-electron chi connectivity index (χ3n) is 3.96. The third kappa shape index (κ3) is 5.83. The van der Waals surface area contributed by atoms with Crippen molar-refractivity contribution in [3.63, 3.8) is 0 Å². The lowest BCUT2D eigenvalue weighted by atomic mass is 10.2. The summed E-state index contributed by atoms with van der Waals surface area (Å²) >= 11 is 1.53. The Morgan fingerprint density at radius 3 is 2.08 bits per heavy atom. The summed E-state index contributed by atoms with van der Waals surface area (Å²) in [7, 11) is 1.63. The molecule has 0 aliphatic carbocycles. The van der Waals surface area contributed by atoms with Gasteiger partial charge in [-0.2, -0.15) is 0 Å². The molecule has 0 spiro atoms. The Labute approximate surface area is 159 Å². The number of carbonyl (C=O) groups excluding carboxylic acids is 2. The maximum Gasteiger partial charge on any atom is 0.410 e. The molecule has 0 bridgehead atoms. The lowest BCUT2D eigenvalue weighted by Crippen LogP contribution is -2.53. The Kier molecular flexibility index (Phi) is 6.81. The molecule has 26 heavy (non-hydrogen) atoms. The van der Waals surface area contributed by atoms with Gasteiger partial charge in [-0.1, -0.05) is 0 Å². The van der Waals surface area contributed by atoms with Crippen LogP contribution in [0.25, 0.3) is 0 Å². The molecular formula is C19H28N2O4S. The number of carbonyl (C=O) groups is 2. The molecule has 1 unspecified atom stereocenters. The number of amides is 2. The molecule has 0 aromatic heterocycles. The van der Waals surface area contributed by atoms with E-state index < -0.39 is 5.60 Å². The van der Waals surface area contributed by atoms with Crippen LogP contribution in [-0.2, 0) is 9.53 Å². The molecule has 2 rings (SSSR count). The normalized spacial score (nSPS) is 16.2. The monoisotopic (exact) mass is 380 g/mol. The lowest BCUT2D eigenvalue weighted by Gasteiger charge is -2.36. The highest BCUT2D eigenvalue weighted by Gasteiger charge is 2.29. The molecule has 1 aromatic carbocycles. The second-order valence-corrected chi connectivity index (χ2v) is 8.64. The van der Waals surface area contributed by atoms with Crippen molar-refractivity contribution in [2.75, 3.05) is 33.3 Å². The van der Waals surface area contributed by atoms with Crippen molar-refractivity contribution >= 4 is 23.8 Å². The van der Waals surface area contributed by atoms with Crippen LogP contribution in [0.1, 0.15) is 27.7 Å². The minimum absolute atomic E-state index is 0.0923. The summed E-state index contributed by atoms with van der Waals surface area (Å²) < 4.78 is 10.5. The first-order chi connectivity index (χ1) is 12.2. The zero-order valence-corrected chi connectivity index (χ0v) is 17.0. The van der Waals surface area contributed by atoms with E-state index in [9.17, 15) is 9.59 Å². The van der Waals surface area contributed by atoms with E-state index in [0.29, 0.717) is 26.2 Å². The number of piperazine rings is 1. The van der Waals surface area contributed by atoms with Crippen LogP contribution < -0.4 is 4.74 Å². The molecule has 6 nitrogen and oxygen atoms in total. The molecule has 2 amide bonds. The Morgan fingerprint density at radius 2 is 1.58 bits per heavy atom. The average molecular weight is 381 g/mol. The zero-order chi connectivity index (χ0) is 19.3. The van der Waals surface area contributed by atoms with Crippen LogP contribution in [0.15, 0.2) is 29.2 Å².